The van der Waals surface area contributed by atoms with E-state index in [0.717, 1.165) is 27.3 Å². The van der Waals surface area contributed by atoms with Crippen LogP contribution in [0.1, 0.15) is 38.9 Å². The fourth-order valence-corrected chi connectivity index (χ4v) is 4.46. The molecule has 0 aromatic heterocycles. The first-order chi connectivity index (χ1) is 13.1. The van der Waals surface area contributed by atoms with Gasteiger partial charge < -0.3 is 10.6 Å². The van der Waals surface area contributed by atoms with Crippen molar-refractivity contribution < 1.29 is 9.59 Å². The van der Waals surface area contributed by atoms with Crippen LogP contribution in [0.5, 0.6) is 0 Å². The molecule has 0 fully saturated rings. The number of amides is 2. The minimum Gasteiger partial charge on any atom is -0.346 e. The first-order valence-corrected chi connectivity index (χ1v) is 10.4. The first kappa shape index (κ1) is 22.0. The van der Waals surface area contributed by atoms with Crippen LogP contribution in [0, 0.1) is 48.5 Å². The van der Waals surface area contributed by atoms with Gasteiger partial charge in [0.15, 0.2) is 0 Å². The van der Waals surface area contributed by atoms with Crippen molar-refractivity contribution in [3.8, 4) is 0 Å². The fraction of sp³-hybridized carbons (Fsp3) is 0.391. The number of thioether (sulfide) groups is 1. The van der Waals surface area contributed by atoms with E-state index < -0.39 is 0 Å². The monoisotopic (exact) mass is 398 g/mol. The van der Waals surface area contributed by atoms with E-state index in [2.05, 4.69) is 44.4 Å². The quantitative estimate of drug-likeness (QED) is 0.694. The molecule has 0 saturated carbocycles. The molecule has 2 aromatic carbocycles. The molecule has 0 saturated heterocycles. The van der Waals surface area contributed by atoms with Crippen molar-refractivity contribution >= 4 is 29.3 Å². The van der Waals surface area contributed by atoms with Crippen LogP contribution < -0.4 is 10.6 Å². The third kappa shape index (κ3) is 5.38. The van der Waals surface area contributed by atoms with E-state index in [4.69, 9.17) is 0 Å². The number of hydrogen-bond donors (Lipinski definition) is 2. The average molecular weight is 399 g/mol. The molecule has 0 atom stereocenters. The smallest absolute Gasteiger partial charge is 0.243 e. The zero-order valence-electron chi connectivity index (χ0n) is 17.9. The highest BCUT2D eigenvalue weighted by Gasteiger charge is 2.13. The van der Waals surface area contributed by atoms with Gasteiger partial charge in [-0.3, -0.25) is 9.59 Å². The summed E-state index contributed by atoms with van der Waals surface area (Å²) in [5.74, 6) is -0.0666. The maximum absolute atomic E-state index is 12.2. The molecule has 0 aliphatic heterocycles. The second-order valence-electron chi connectivity index (χ2n) is 7.48. The number of nitrogens with one attached hydrogen (secondary N) is 2. The van der Waals surface area contributed by atoms with Gasteiger partial charge >= 0.3 is 0 Å². The topological polar surface area (TPSA) is 58.2 Å². The SMILES string of the molecule is Cc1cc(C)c(NC(=O)CNC(=O)CSc2c(C)c(C)cc(C)c2C)c(C)c1. The molecular formula is C23H30N2O2S. The summed E-state index contributed by atoms with van der Waals surface area (Å²) >= 11 is 1.53. The van der Waals surface area contributed by atoms with Gasteiger partial charge in [0.25, 0.3) is 0 Å². The number of rotatable bonds is 6. The zero-order valence-corrected chi connectivity index (χ0v) is 18.7. The summed E-state index contributed by atoms with van der Waals surface area (Å²) in [5.41, 5.74) is 8.91. The second kappa shape index (κ2) is 9.28. The fourth-order valence-electron chi connectivity index (χ4n) is 3.33. The molecule has 0 unspecified atom stereocenters. The Hall–Kier alpha value is -2.27. The van der Waals surface area contributed by atoms with Gasteiger partial charge in [0.05, 0.1) is 12.3 Å². The Bertz CT molecular complexity index is 870. The molecule has 28 heavy (non-hydrogen) atoms. The molecule has 2 aromatic rings. The Morgan fingerprint density at radius 1 is 0.786 bits per heavy atom. The lowest BCUT2D eigenvalue weighted by atomic mass is 10.0. The normalized spacial score (nSPS) is 10.7. The standard InChI is InChI=1S/C23H30N2O2S/c1-13-8-16(4)22(17(5)9-13)25-20(26)11-24-21(27)12-28-23-18(6)14(2)10-15(3)19(23)7/h8-10H,11-12H2,1-7H3,(H,24,27)(H,25,26). The highest BCUT2D eigenvalue weighted by atomic mass is 32.2. The highest BCUT2D eigenvalue weighted by molar-refractivity contribution is 8.00. The zero-order chi connectivity index (χ0) is 21.0. The van der Waals surface area contributed by atoms with Crippen molar-refractivity contribution in [2.24, 2.45) is 0 Å². The van der Waals surface area contributed by atoms with Crippen molar-refractivity contribution in [3.63, 3.8) is 0 Å². The van der Waals surface area contributed by atoms with Gasteiger partial charge in [-0.05, 0) is 81.8 Å². The van der Waals surface area contributed by atoms with Crippen LogP contribution >= 0.6 is 11.8 Å². The number of aryl methyl sites for hydroxylation is 5. The van der Waals surface area contributed by atoms with Crippen LogP contribution in [0.3, 0.4) is 0 Å². The largest absolute Gasteiger partial charge is 0.346 e. The lowest BCUT2D eigenvalue weighted by Gasteiger charge is -2.15. The Morgan fingerprint density at radius 2 is 1.32 bits per heavy atom. The predicted octanol–water partition coefficient (Wildman–Crippen LogP) is 4.69. The summed E-state index contributed by atoms with van der Waals surface area (Å²) in [5, 5.41) is 5.63. The van der Waals surface area contributed by atoms with Crippen LogP contribution in [0.15, 0.2) is 23.1 Å². The molecule has 0 aliphatic rings. The first-order valence-electron chi connectivity index (χ1n) is 9.44. The van der Waals surface area contributed by atoms with E-state index in [9.17, 15) is 9.59 Å². The molecule has 2 amide bonds. The average Bonchev–Trinajstić information content (AvgIpc) is 2.61. The Labute approximate surface area is 172 Å². The van der Waals surface area contributed by atoms with E-state index in [0.29, 0.717) is 5.75 Å². The summed E-state index contributed by atoms with van der Waals surface area (Å²) in [6.45, 7) is 14.3. The van der Waals surface area contributed by atoms with Crippen molar-refractivity contribution in [1.82, 2.24) is 5.32 Å². The molecule has 4 nitrogen and oxygen atoms in total. The molecule has 0 bridgehead atoms. The van der Waals surface area contributed by atoms with Gasteiger partial charge in [-0.15, -0.1) is 11.8 Å². The number of hydrogen-bond acceptors (Lipinski definition) is 3. The Kier molecular flexibility index (Phi) is 7.30. The van der Waals surface area contributed by atoms with Gasteiger partial charge in [-0.2, -0.15) is 0 Å². The summed E-state index contributed by atoms with van der Waals surface area (Å²) in [4.78, 5) is 25.6. The molecule has 5 heteroatoms. The van der Waals surface area contributed by atoms with Crippen molar-refractivity contribution in [2.75, 3.05) is 17.6 Å². The van der Waals surface area contributed by atoms with E-state index >= 15 is 0 Å². The summed E-state index contributed by atoms with van der Waals surface area (Å²) in [6, 6.07) is 6.24. The lowest BCUT2D eigenvalue weighted by molar-refractivity contribution is -0.122. The summed E-state index contributed by atoms with van der Waals surface area (Å²) < 4.78 is 0. The van der Waals surface area contributed by atoms with E-state index in [1.807, 2.05) is 32.9 Å². The molecule has 2 rings (SSSR count). The maximum Gasteiger partial charge on any atom is 0.243 e. The lowest BCUT2D eigenvalue weighted by Crippen LogP contribution is -2.34. The molecular weight excluding hydrogens is 368 g/mol. The van der Waals surface area contributed by atoms with Gasteiger partial charge in [-0.25, -0.2) is 0 Å². The van der Waals surface area contributed by atoms with Crippen molar-refractivity contribution in [2.45, 2.75) is 53.4 Å². The predicted molar refractivity (Wildman–Crippen MR) is 118 cm³/mol. The van der Waals surface area contributed by atoms with Crippen molar-refractivity contribution in [3.05, 3.63) is 57.1 Å². The van der Waals surface area contributed by atoms with Gasteiger partial charge in [0.1, 0.15) is 0 Å². The third-order valence-electron chi connectivity index (χ3n) is 5.03. The van der Waals surface area contributed by atoms with Gasteiger partial charge in [-0.1, -0.05) is 23.8 Å². The van der Waals surface area contributed by atoms with Gasteiger partial charge in [0.2, 0.25) is 11.8 Å². The number of anilines is 1. The number of carbonyl (C=O) groups is 2. The summed E-state index contributed by atoms with van der Waals surface area (Å²) in [7, 11) is 0. The number of carbonyl (C=O) groups excluding carboxylic acids is 2. The third-order valence-corrected chi connectivity index (χ3v) is 6.34. The van der Waals surface area contributed by atoms with Crippen molar-refractivity contribution in [1.29, 1.82) is 0 Å². The second-order valence-corrected chi connectivity index (χ2v) is 8.46. The van der Waals surface area contributed by atoms with E-state index in [1.165, 1.54) is 34.0 Å². The van der Waals surface area contributed by atoms with E-state index in [-0.39, 0.29) is 18.4 Å². The minimum atomic E-state index is -0.216. The molecule has 0 spiro atoms. The maximum atomic E-state index is 12.2. The van der Waals surface area contributed by atoms with Crippen LogP contribution in [-0.2, 0) is 9.59 Å². The molecule has 0 heterocycles. The van der Waals surface area contributed by atoms with Crippen LogP contribution in [0.25, 0.3) is 0 Å². The molecule has 150 valence electrons. The van der Waals surface area contributed by atoms with Crippen LogP contribution in [0.2, 0.25) is 0 Å². The van der Waals surface area contributed by atoms with Gasteiger partial charge in [0, 0.05) is 10.6 Å². The Balaban J connectivity index is 1.91. The summed E-state index contributed by atoms with van der Waals surface area (Å²) in [6.07, 6.45) is 0. The van der Waals surface area contributed by atoms with Crippen LogP contribution in [-0.4, -0.2) is 24.1 Å². The van der Waals surface area contributed by atoms with E-state index in [1.54, 1.807) is 0 Å². The number of benzene rings is 2. The molecule has 0 radical (unpaired) electrons. The highest BCUT2D eigenvalue weighted by Crippen LogP contribution is 2.30. The Morgan fingerprint density at radius 3 is 1.86 bits per heavy atom. The molecule has 0 aliphatic carbocycles. The molecule has 2 N–H and O–H groups in total. The van der Waals surface area contributed by atoms with Crippen LogP contribution in [0.4, 0.5) is 5.69 Å². The minimum absolute atomic E-state index is 0.0308.